The molecule has 1 aliphatic rings. The highest BCUT2D eigenvalue weighted by Crippen LogP contribution is 2.52. The van der Waals surface area contributed by atoms with Gasteiger partial charge in [-0.2, -0.15) is 0 Å². The molecule has 3 heterocycles. The Morgan fingerprint density at radius 1 is 0.431 bits per heavy atom. The monoisotopic (exact) mass is 675 g/mol. The molecule has 0 bridgehead atoms. The van der Waals surface area contributed by atoms with Crippen LogP contribution in [0.25, 0.3) is 73.5 Å². The standard InChI is InChI=1S/C45H33N5S/c1-45(2)37-27-26-35(29-38(37)50-40(31-18-9-4-10-19-31)39(46-44(50)51-45)30-16-7-3-8-17-30)34-24-15-25-36(28-34)43-48-41(32-20-11-5-12-21-32)47-42(49-43)33-22-13-6-14-23-33/h3-29H,1-2H3. The smallest absolute Gasteiger partial charge is 0.174 e. The van der Waals surface area contributed by atoms with Gasteiger partial charge in [0, 0.05) is 32.6 Å². The van der Waals surface area contributed by atoms with Gasteiger partial charge in [0.25, 0.3) is 0 Å². The molecule has 0 saturated carbocycles. The van der Waals surface area contributed by atoms with E-state index in [1.54, 1.807) is 0 Å². The summed E-state index contributed by atoms with van der Waals surface area (Å²) >= 11 is 1.81. The van der Waals surface area contributed by atoms with Gasteiger partial charge in [0.2, 0.25) is 0 Å². The van der Waals surface area contributed by atoms with Crippen LogP contribution in [-0.2, 0) is 4.75 Å². The summed E-state index contributed by atoms with van der Waals surface area (Å²) in [6, 6.07) is 56.7. The molecule has 0 unspecified atom stereocenters. The fraction of sp³-hybridized carbons (Fsp3) is 0.0667. The van der Waals surface area contributed by atoms with Gasteiger partial charge in [-0.25, -0.2) is 19.9 Å². The van der Waals surface area contributed by atoms with Gasteiger partial charge in [0.15, 0.2) is 22.6 Å². The molecule has 6 heteroatoms. The molecule has 51 heavy (non-hydrogen) atoms. The first-order valence-electron chi connectivity index (χ1n) is 17.1. The quantitative estimate of drug-likeness (QED) is 0.176. The molecular weight excluding hydrogens is 643 g/mol. The molecule has 0 N–H and O–H groups in total. The maximum Gasteiger partial charge on any atom is 0.174 e. The normalized spacial score (nSPS) is 13.0. The minimum absolute atomic E-state index is 0.175. The van der Waals surface area contributed by atoms with Crippen molar-refractivity contribution in [1.82, 2.24) is 24.5 Å². The molecule has 244 valence electrons. The highest BCUT2D eigenvalue weighted by atomic mass is 32.2. The summed E-state index contributed by atoms with van der Waals surface area (Å²) in [6.45, 7) is 4.57. The van der Waals surface area contributed by atoms with Crippen molar-refractivity contribution >= 4 is 11.8 Å². The van der Waals surface area contributed by atoms with E-state index in [-0.39, 0.29) is 4.75 Å². The molecule has 0 fully saturated rings. The Kier molecular flexibility index (Phi) is 7.67. The maximum atomic E-state index is 5.32. The Morgan fingerprint density at radius 3 is 1.49 bits per heavy atom. The number of imidazole rings is 1. The minimum Gasteiger partial charge on any atom is -0.286 e. The van der Waals surface area contributed by atoms with E-state index in [0.717, 1.165) is 61.2 Å². The van der Waals surface area contributed by atoms with E-state index < -0.39 is 0 Å². The number of rotatable bonds is 6. The number of fused-ring (bicyclic) bond motifs is 3. The lowest BCUT2D eigenvalue weighted by Crippen LogP contribution is -2.22. The number of aromatic nitrogens is 5. The van der Waals surface area contributed by atoms with Gasteiger partial charge in [-0.1, -0.05) is 163 Å². The van der Waals surface area contributed by atoms with Crippen LogP contribution in [0.3, 0.4) is 0 Å². The predicted molar refractivity (Wildman–Crippen MR) is 208 cm³/mol. The second kappa shape index (κ2) is 12.7. The Balaban J connectivity index is 1.20. The molecule has 0 saturated heterocycles. The second-order valence-electron chi connectivity index (χ2n) is 13.1. The highest BCUT2D eigenvalue weighted by molar-refractivity contribution is 8.00. The molecule has 0 spiro atoms. The summed E-state index contributed by atoms with van der Waals surface area (Å²) in [4.78, 5) is 20.2. The van der Waals surface area contributed by atoms with Gasteiger partial charge in [-0.3, -0.25) is 4.57 Å². The van der Waals surface area contributed by atoms with Gasteiger partial charge >= 0.3 is 0 Å². The summed E-state index contributed by atoms with van der Waals surface area (Å²) in [6.07, 6.45) is 0. The first-order valence-corrected chi connectivity index (χ1v) is 17.9. The van der Waals surface area contributed by atoms with E-state index in [4.69, 9.17) is 19.9 Å². The van der Waals surface area contributed by atoms with E-state index in [1.807, 2.05) is 72.4 Å². The van der Waals surface area contributed by atoms with Crippen LogP contribution in [0, 0.1) is 0 Å². The fourth-order valence-corrected chi connectivity index (χ4v) is 7.97. The van der Waals surface area contributed by atoms with Gasteiger partial charge < -0.3 is 0 Å². The molecule has 0 aliphatic carbocycles. The predicted octanol–water partition coefficient (Wildman–Crippen LogP) is 11.4. The zero-order chi connectivity index (χ0) is 34.4. The van der Waals surface area contributed by atoms with Crippen molar-refractivity contribution in [2.24, 2.45) is 0 Å². The molecule has 6 aromatic carbocycles. The molecule has 0 amide bonds. The lowest BCUT2D eigenvalue weighted by atomic mass is 9.94. The number of benzene rings is 6. The van der Waals surface area contributed by atoms with E-state index in [9.17, 15) is 0 Å². The molecule has 1 aliphatic heterocycles. The van der Waals surface area contributed by atoms with E-state index in [1.165, 1.54) is 5.56 Å². The third-order valence-electron chi connectivity index (χ3n) is 9.33. The van der Waals surface area contributed by atoms with Crippen molar-refractivity contribution in [3.63, 3.8) is 0 Å². The lowest BCUT2D eigenvalue weighted by Gasteiger charge is -2.33. The second-order valence-corrected chi connectivity index (χ2v) is 14.7. The number of thioether (sulfide) groups is 1. The van der Waals surface area contributed by atoms with E-state index >= 15 is 0 Å². The maximum absolute atomic E-state index is 5.32. The zero-order valence-electron chi connectivity index (χ0n) is 28.2. The van der Waals surface area contributed by atoms with Crippen LogP contribution in [-0.4, -0.2) is 24.5 Å². The first kappa shape index (κ1) is 30.9. The average molecular weight is 676 g/mol. The SMILES string of the molecule is CC1(C)Sc2nc(-c3ccccc3)c(-c3ccccc3)n2-c2cc(-c3cccc(-c4nc(-c5ccccc5)nc(-c5ccccc5)n4)c3)ccc21. The summed E-state index contributed by atoms with van der Waals surface area (Å²) < 4.78 is 2.19. The zero-order valence-corrected chi connectivity index (χ0v) is 29.0. The van der Waals surface area contributed by atoms with Crippen molar-refractivity contribution in [2.75, 3.05) is 0 Å². The van der Waals surface area contributed by atoms with Crippen molar-refractivity contribution in [1.29, 1.82) is 0 Å². The van der Waals surface area contributed by atoms with Crippen LogP contribution in [0.15, 0.2) is 169 Å². The van der Waals surface area contributed by atoms with Gasteiger partial charge in [-0.05, 0) is 42.7 Å². The topological polar surface area (TPSA) is 56.5 Å². The Labute approximate surface area is 301 Å². The Morgan fingerprint density at radius 2 is 0.902 bits per heavy atom. The molecule has 9 rings (SSSR count). The first-order chi connectivity index (χ1) is 25.0. The van der Waals surface area contributed by atoms with Crippen molar-refractivity contribution in [3.8, 4) is 73.5 Å². The summed E-state index contributed by atoms with van der Waals surface area (Å²) in [5, 5.41) is 0.989. The molecule has 2 aromatic heterocycles. The lowest BCUT2D eigenvalue weighted by molar-refractivity contribution is 0.724. The number of hydrogen-bond donors (Lipinski definition) is 0. The van der Waals surface area contributed by atoms with E-state index in [0.29, 0.717) is 17.5 Å². The third-order valence-corrected chi connectivity index (χ3v) is 10.5. The average Bonchev–Trinajstić information content (AvgIpc) is 3.58. The van der Waals surface area contributed by atoms with Gasteiger partial charge in [0.1, 0.15) is 0 Å². The Hall–Kier alpha value is -6.11. The molecule has 5 nitrogen and oxygen atoms in total. The van der Waals surface area contributed by atoms with Gasteiger partial charge in [0.05, 0.1) is 17.1 Å². The van der Waals surface area contributed by atoms with Crippen molar-refractivity contribution in [2.45, 2.75) is 23.8 Å². The molecular formula is C45H33N5S. The number of hydrogen-bond acceptors (Lipinski definition) is 5. The largest absolute Gasteiger partial charge is 0.286 e. The van der Waals surface area contributed by atoms with Crippen LogP contribution in [0.4, 0.5) is 0 Å². The fourth-order valence-electron chi connectivity index (χ4n) is 6.82. The summed E-state index contributed by atoms with van der Waals surface area (Å²) in [7, 11) is 0. The third kappa shape index (κ3) is 5.73. The molecule has 0 radical (unpaired) electrons. The Bertz CT molecular complexity index is 2450. The van der Waals surface area contributed by atoms with E-state index in [2.05, 4.69) is 122 Å². The van der Waals surface area contributed by atoms with Crippen molar-refractivity contribution < 1.29 is 0 Å². The molecule has 0 atom stereocenters. The van der Waals surface area contributed by atoms with Crippen LogP contribution in [0.1, 0.15) is 19.4 Å². The number of nitrogens with zero attached hydrogens (tertiary/aromatic N) is 5. The highest BCUT2D eigenvalue weighted by Gasteiger charge is 2.36. The molecule has 8 aromatic rings. The van der Waals surface area contributed by atoms with Crippen LogP contribution >= 0.6 is 11.8 Å². The van der Waals surface area contributed by atoms with Crippen LogP contribution in [0.2, 0.25) is 0 Å². The van der Waals surface area contributed by atoms with Crippen molar-refractivity contribution in [3.05, 3.63) is 169 Å². The summed E-state index contributed by atoms with van der Waals surface area (Å²) in [5.74, 6) is 1.93. The summed E-state index contributed by atoms with van der Waals surface area (Å²) in [5.41, 5.74) is 11.7. The van der Waals surface area contributed by atoms with Crippen LogP contribution < -0.4 is 0 Å². The minimum atomic E-state index is -0.175. The van der Waals surface area contributed by atoms with Gasteiger partial charge in [-0.15, -0.1) is 0 Å². The van der Waals surface area contributed by atoms with Crippen LogP contribution in [0.5, 0.6) is 0 Å².